The minimum Gasteiger partial charge on any atom is -0.374 e. The first kappa shape index (κ1) is 13.2. The summed E-state index contributed by atoms with van der Waals surface area (Å²) in [7, 11) is 0. The molecule has 90 valence electrons. The molecule has 0 bridgehead atoms. The molecule has 0 saturated carbocycles. The van der Waals surface area contributed by atoms with Crippen molar-refractivity contribution in [3.63, 3.8) is 0 Å². The quantitative estimate of drug-likeness (QED) is 0.624. The van der Waals surface area contributed by atoms with Crippen molar-refractivity contribution in [1.82, 2.24) is 0 Å². The molecule has 0 aromatic heterocycles. The lowest BCUT2D eigenvalue weighted by atomic mass is 10.1. The van der Waals surface area contributed by atoms with E-state index in [9.17, 15) is 0 Å². The van der Waals surface area contributed by atoms with Crippen LogP contribution in [-0.4, -0.2) is 6.10 Å². The fraction of sp³-hybridized carbons (Fsp3) is 0.600. The van der Waals surface area contributed by atoms with Gasteiger partial charge < -0.3 is 4.74 Å². The first-order chi connectivity index (χ1) is 7.86. The molecule has 1 rings (SSSR count). The van der Waals surface area contributed by atoms with Crippen molar-refractivity contribution in [2.75, 3.05) is 0 Å². The third kappa shape index (κ3) is 5.32. The Bertz CT molecular complexity index is 255. The summed E-state index contributed by atoms with van der Waals surface area (Å²) in [6, 6.07) is 10.4. The molecule has 0 aliphatic rings. The zero-order valence-electron chi connectivity index (χ0n) is 10.6. The van der Waals surface area contributed by atoms with Crippen LogP contribution in [-0.2, 0) is 11.3 Å². The van der Waals surface area contributed by atoms with E-state index in [1.165, 1.54) is 37.7 Å². The largest absolute Gasteiger partial charge is 0.374 e. The van der Waals surface area contributed by atoms with Gasteiger partial charge in [0.1, 0.15) is 0 Å². The van der Waals surface area contributed by atoms with Crippen molar-refractivity contribution < 1.29 is 4.74 Å². The highest BCUT2D eigenvalue weighted by molar-refractivity contribution is 5.13. The van der Waals surface area contributed by atoms with Gasteiger partial charge in [0.25, 0.3) is 0 Å². The van der Waals surface area contributed by atoms with Crippen LogP contribution in [0.15, 0.2) is 30.3 Å². The number of rotatable bonds is 8. The third-order valence-corrected chi connectivity index (χ3v) is 2.82. The molecule has 0 spiro atoms. The molecule has 0 radical (unpaired) electrons. The molecule has 0 amide bonds. The summed E-state index contributed by atoms with van der Waals surface area (Å²) < 4.78 is 5.97. The van der Waals surface area contributed by atoms with Crippen LogP contribution >= 0.6 is 0 Å². The second-order valence-corrected chi connectivity index (χ2v) is 4.35. The van der Waals surface area contributed by atoms with Gasteiger partial charge >= 0.3 is 0 Å². The molecule has 1 atom stereocenters. The van der Waals surface area contributed by atoms with Gasteiger partial charge in [-0.2, -0.15) is 0 Å². The first-order valence-electron chi connectivity index (χ1n) is 6.52. The highest BCUT2D eigenvalue weighted by atomic mass is 16.5. The maximum Gasteiger partial charge on any atom is 0.0720 e. The molecule has 0 saturated heterocycles. The fourth-order valence-corrected chi connectivity index (χ4v) is 1.85. The van der Waals surface area contributed by atoms with Gasteiger partial charge in [-0.15, -0.1) is 0 Å². The zero-order chi connectivity index (χ0) is 11.6. The number of hydrogen-bond acceptors (Lipinski definition) is 1. The van der Waals surface area contributed by atoms with Crippen LogP contribution in [0.4, 0.5) is 0 Å². The van der Waals surface area contributed by atoms with E-state index in [1.54, 1.807) is 0 Å². The van der Waals surface area contributed by atoms with Gasteiger partial charge in [0, 0.05) is 0 Å². The van der Waals surface area contributed by atoms with Gasteiger partial charge in [0.2, 0.25) is 0 Å². The number of benzene rings is 1. The van der Waals surface area contributed by atoms with E-state index in [1.807, 2.05) is 6.07 Å². The van der Waals surface area contributed by atoms with E-state index in [2.05, 4.69) is 38.1 Å². The van der Waals surface area contributed by atoms with Crippen molar-refractivity contribution in [2.24, 2.45) is 0 Å². The topological polar surface area (TPSA) is 9.23 Å². The normalized spacial score (nSPS) is 12.6. The van der Waals surface area contributed by atoms with Crippen LogP contribution < -0.4 is 0 Å². The van der Waals surface area contributed by atoms with Crippen LogP contribution in [0.5, 0.6) is 0 Å². The van der Waals surface area contributed by atoms with Crippen molar-refractivity contribution >= 4 is 0 Å². The lowest BCUT2D eigenvalue weighted by molar-refractivity contribution is 0.0276. The monoisotopic (exact) mass is 220 g/mol. The molecule has 0 N–H and O–H groups in total. The van der Waals surface area contributed by atoms with Gasteiger partial charge in [-0.05, 0) is 18.4 Å². The molecule has 0 fully saturated rings. The Hall–Kier alpha value is -0.820. The summed E-state index contributed by atoms with van der Waals surface area (Å²) in [5.41, 5.74) is 1.28. The Kier molecular flexibility index (Phi) is 6.91. The van der Waals surface area contributed by atoms with Gasteiger partial charge in [-0.25, -0.2) is 0 Å². The molecule has 1 nitrogen and oxygen atoms in total. The Morgan fingerprint density at radius 2 is 1.75 bits per heavy atom. The Morgan fingerprint density at radius 3 is 2.38 bits per heavy atom. The Labute approximate surface area is 99.8 Å². The van der Waals surface area contributed by atoms with Crippen LogP contribution in [0.3, 0.4) is 0 Å². The SMILES string of the molecule is CCCCC(CCC)OCc1ccccc1. The second kappa shape index (κ2) is 8.35. The lowest BCUT2D eigenvalue weighted by Crippen LogP contribution is -2.12. The summed E-state index contributed by atoms with van der Waals surface area (Å²) in [6.07, 6.45) is 6.59. The summed E-state index contributed by atoms with van der Waals surface area (Å²) in [6.45, 7) is 5.22. The first-order valence-corrected chi connectivity index (χ1v) is 6.52. The standard InChI is InChI=1S/C15H24O/c1-3-5-12-15(9-4-2)16-13-14-10-7-6-8-11-14/h6-8,10-11,15H,3-5,9,12-13H2,1-2H3. The molecule has 16 heavy (non-hydrogen) atoms. The summed E-state index contributed by atoms with van der Waals surface area (Å²) >= 11 is 0. The predicted octanol–water partition coefficient (Wildman–Crippen LogP) is 4.56. The van der Waals surface area contributed by atoms with E-state index in [-0.39, 0.29) is 0 Å². The van der Waals surface area contributed by atoms with Crippen molar-refractivity contribution in [3.8, 4) is 0 Å². The van der Waals surface area contributed by atoms with E-state index >= 15 is 0 Å². The van der Waals surface area contributed by atoms with Crippen molar-refractivity contribution in [2.45, 2.75) is 58.7 Å². The average Bonchev–Trinajstić information content (AvgIpc) is 2.34. The number of ether oxygens (including phenoxy) is 1. The van der Waals surface area contributed by atoms with Crippen LogP contribution in [0, 0.1) is 0 Å². The van der Waals surface area contributed by atoms with E-state index in [0.29, 0.717) is 6.10 Å². The maximum atomic E-state index is 5.97. The molecule has 1 aromatic rings. The smallest absolute Gasteiger partial charge is 0.0720 e. The summed E-state index contributed by atoms with van der Waals surface area (Å²) in [5.74, 6) is 0. The minimum absolute atomic E-state index is 0.449. The van der Waals surface area contributed by atoms with Gasteiger partial charge in [0.05, 0.1) is 12.7 Å². The predicted molar refractivity (Wildman–Crippen MR) is 69.5 cm³/mol. The molecule has 1 aromatic carbocycles. The molecular formula is C15H24O. The van der Waals surface area contributed by atoms with Crippen molar-refractivity contribution in [3.05, 3.63) is 35.9 Å². The zero-order valence-corrected chi connectivity index (χ0v) is 10.6. The molecule has 0 heterocycles. The minimum atomic E-state index is 0.449. The summed E-state index contributed by atoms with van der Waals surface area (Å²) in [4.78, 5) is 0. The Morgan fingerprint density at radius 1 is 1.00 bits per heavy atom. The molecule has 1 heteroatoms. The third-order valence-electron chi connectivity index (χ3n) is 2.82. The van der Waals surface area contributed by atoms with Crippen molar-refractivity contribution in [1.29, 1.82) is 0 Å². The molecule has 1 unspecified atom stereocenters. The summed E-state index contributed by atoms with van der Waals surface area (Å²) in [5, 5.41) is 0. The highest BCUT2D eigenvalue weighted by Crippen LogP contribution is 2.13. The molecular weight excluding hydrogens is 196 g/mol. The van der Waals surface area contributed by atoms with Gasteiger partial charge in [-0.3, -0.25) is 0 Å². The average molecular weight is 220 g/mol. The van der Waals surface area contributed by atoms with Gasteiger partial charge in [0.15, 0.2) is 0 Å². The Balaban J connectivity index is 2.31. The van der Waals surface area contributed by atoms with Crippen LogP contribution in [0.2, 0.25) is 0 Å². The van der Waals surface area contributed by atoms with Gasteiger partial charge in [-0.1, -0.05) is 63.4 Å². The maximum absolute atomic E-state index is 5.97. The van der Waals surface area contributed by atoms with E-state index < -0.39 is 0 Å². The highest BCUT2D eigenvalue weighted by Gasteiger charge is 2.07. The van der Waals surface area contributed by atoms with E-state index in [4.69, 9.17) is 4.74 Å². The number of unbranched alkanes of at least 4 members (excludes halogenated alkanes) is 1. The van der Waals surface area contributed by atoms with Crippen LogP contribution in [0.1, 0.15) is 51.5 Å². The lowest BCUT2D eigenvalue weighted by Gasteiger charge is -2.17. The molecule has 0 aliphatic heterocycles. The van der Waals surface area contributed by atoms with E-state index in [0.717, 1.165) is 6.61 Å². The molecule has 0 aliphatic carbocycles. The number of hydrogen-bond donors (Lipinski definition) is 0. The second-order valence-electron chi connectivity index (χ2n) is 4.35. The fourth-order valence-electron chi connectivity index (χ4n) is 1.85. The van der Waals surface area contributed by atoms with Crippen LogP contribution in [0.25, 0.3) is 0 Å².